The molecule has 0 aromatic carbocycles. The molecule has 2 heterocycles. The van der Waals surface area contributed by atoms with Gasteiger partial charge >= 0.3 is 0 Å². The van der Waals surface area contributed by atoms with Gasteiger partial charge in [-0.2, -0.15) is 4.31 Å². The van der Waals surface area contributed by atoms with Gasteiger partial charge in [0.15, 0.2) is 0 Å². The Morgan fingerprint density at radius 1 is 1.53 bits per heavy atom. The Morgan fingerprint density at radius 2 is 2.26 bits per heavy atom. The van der Waals surface area contributed by atoms with Gasteiger partial charge in [-0.3, -0.25) is 0 Å². The zero-order valence-electron chi connectivity index (χ0n) is 10.9. The van der Waals surface area contributed by atoms with E-state index in [4.69, 9.17) is 4.74 Å². The van der Waals surface area contributed by atoms with Crippen LogP contribution in [0.1, 0.15) is 20.3 Å². The number of hydrogen-bond donors (Lipinski definition) is 0. The first-order valence-corrected chi connectivity index (χ1v) is 8.47. The predicted octanol–water partition coefficient (Wildman–Crippen LogP) is 2.04. The lowest BCUT2D eigenvalue weighted by atomic mass is 10.3. The molecule has 1 aliphatic heterocycles. The van der Waals surface area contributed by atoms with Crippen LogP contribution >= 0.6 is 15.9 Å². The molecule has 7 heteroatoms. The number of aromatic nitrogens is 1. The Labute approximate surface area is 122 Å². The molecule has 1 aromatic heterocycles. The Balaban J connectivity index is 2.02. The first-order valence-electron chi connectivity index (χ1n) is 6.17. The third-order valence-electron chi connectivity index (χ3n) is 3.07. The van der Waals surface area contributed by atoms with Crippen molar-refractivity contribution in [1.29, 1.82) is 0 Å². The second-order valence-electron chi connectivity index (χ2n) is 4.77. The smallest absolute Gasteiger partial charge is 0.228 e. The average molecular weight is 349 g/mol. The number of ether oxygens (including phenoxy) is 1. The molecule has 1 atom stereocenters. The van der Waals surface area contributed by atoms with Gasteiger partial charge in [0.1, 0.15) is 6.10 Å². The summed E-state index contributed by atoms with van der Waals surface area (Å²) in [6.07, 6.45) is 2.20. The molecule has 0 N–H and O–H groups in total. The molecule has 0 bridgehead atoms. The lowest BCUT2D eigenvalue weighted by molar-refractivity contribution is 0.205. The van der Waals surface area contributed by atoms with Crippen LogP contribution in [-0.2, 0) is 10.0 Å². The summed E-state index contributed by atoms with van der Waals surface area (Å²) in [5, 5.41) is -0.396. The Hall–Kier alpha value is -0.660. The van der Waals surface area contributed by atoms with Crippen LogP contribution in [-0.4, -0.2) is 42.2 Å². The Bertz CT molecular complexity index is 548. The van der Waals surface area contributed by atoms with Gasteiger partial charge in [0.05, 0.1) is 16.3 Å². The summed E-state index contributed by atoms with van der Waals surface area (Å²) in [7, 11) is -3.19. The fraction of sp³-hybridized carbons (Fsp3) is 0.583. The number of pyridine rings is 1. The number of halogens is 1. The van der Waals surface area contributed by atoms with Crippen LogP contribution in [0.25, 0.3) is 0 Å². The van der Waals surface area contributed by atoms with Gasteiger partial charge in [-0.1, -0.05) is 0 Å². The third kappa shape index (κ3) is 3.27. The highest BCUT2D eigenvalue weighted by Crippen LogP contribution is 2.25. The summed E-state index contributed by atoms with van der Waals surface area (Å²) in [6, 6.07) is 3.65. The fourth-order valence-corrected chi connectivity index (χ4v) is 3.62. The molecule has 0 saturated carbocycles. The third-order valence-corrected chi connectivity index (χ3v) is 5.91. The molecule has 1 aliphatic rings. The number of hydrogen-bond acceptors (Lipinski definition) is 4. The number of nitrogens with zero attached hydrogens (tertiary/aromatic N) is 2. The van der Waals surface area contributed by atoms with Crippen molar-refractivity contribution >= 4 is 26.0 Å². The van der Waals surface area contributed by atoms with E-state index < -0.39 is 15.3 Å². The van der Waals surface area contributed by atoms with Crippen molar-refractivity contribution in [3.63, 3.8) is 0 Å². The minimum atomic E-state index is -3.19. The van der Waals surface area contributed by atoms with Crippen molar-refractivity contribution in [3.8, 4) is 5.88 Å². The van der Waals surface area contributed by atoms with Crippen molar-refractivity contribution in [1.82, 2.24) is 9.29 Å². The van der Waals surface area contributed by atoms with Crippen LogP contribution in [0.15, 0.2) is 22.8 Å². The maximum Gasteiger partial charge on any atom is 0.228 e. The second-order valence-corrected chi connectivity index (χ2v) is 8.11. The van der Waals surface area contributed by atoms with E-state index in [1.807, 2.05) is 6.07 Å². The summed E-state index contributed by atoms with van der Waals surface area (Å²) in [5.41, 5.74) is 0. The molecule has 1 fully saturated rings. The van der Waals surface area contributed by atoms with Gasteiger partial charge in [0.2, 0.25) is 15.9 Å². The fourth-order valence-electron chi connectivity index (χ4n) is 1.94. The van der Waals surface area contributed by atoms with Crippen molar-refractivity contribution in [2.75, 3.05) is 13.1 Å². The summed E-state index contributed by atoms with van der Waals surface area (Å²) in [6.45, 7) is 4.29. The molecular formula is C12H17BrN2O3S. The van der Waals surface area contributed by atoms with Gasteiger partial charge < -0.3 is 4.74 Å². The van der Waals surface area contributed by atoms with Crippen molar-refractivity contribution in [2.45, 2.75) is 31.6 Å². The van der Waals surface area contributed by atoms with E-state index in [0.29, 0.717) is 25.4 Å². The minimum absolute atomic E-state index is 0.139. The van der Waals surface area contributed by atoms with Gasteiger partial charge in [-0.15, -0.1) is 0 Å². The lowest BCUT2D eigenvalue weighted by Crippen LogP contribution is -2.35. The zero-order valence-corrected chi connectivity index (χ0v) is 13.3. The van der Waals surface area contributed by atoms with E-state index in [0.717, 1.165) is 4.47 Å². The summed E-state index contributed by atoms with van der Waals surface area (Å²) in [5.74, 6) is 0.510. The topological polar surface area (TPSA) is 59.5 Å². The van der Waals surface area contributed by atoms with Gasteiger partial charge in [-0.05, 0) is 48.3 Å². The molecule has 106 valence electrons. The van der Waals surface area contributed by atoms with Crippen LogP contribution in [0.5, 0.6) is 5.88 Å². The van der Waals surface area contributed by atoms with Gasteiger partial charge in [0, 0.05) is 12.7 Å². The monoisotopic (exact) mass is 348 g/mol. The van der Waals surface area contributed by atoms with E-state index in [1.54, 1.807) is 26.1 Å². The highest BCUT2D eigenvalue weighted by atomic mass is 79.9. The zero-order chi connectivity index (χ0) is 14.0. The van der Waals surface area contributed by atoms with Crippen molar-refractivity contribution in [3.05, 3.63) is 22.8 Å². The SMILES string of the molecule is CC(C)S(=O)(=O)N1CCC(Oc2ncccc2Br)C1. The molecule has 1 aromatic rings. The van der Waals surface area contributed by atoms with Gasteiger partial charge in [0.25, 0.3) is 0 Å². The van der Waals surface area contributed by atoms with Gasteiger partial charge in [-0.25, -0.2) is 13.4 Å². The Kier molecular flexibility index (Phi) is 4.47. The first-order chi connectivity index (χ1) is 8.91. The highest BCUT2D eigenvalue weighted by molar-refractivity contribution is 9.10. The van der Waals surface area contributed by atoms with E-state index in [1.165, 1.54) is 4.31 Å². The number of rotatable bonds is 4. The van der Waals surface area contributed by atoms with Crippen LogP contribution in [0, 0.1) is 0 Å². The number of sulfonamides is 1. The molecule has 19 heavy (non-hydrogen) atoms. The molecular weight excluding hydrogens is 332 g/mol. The minimum Gasteiger partial charge on any atom is -0.472 e. The summed E-state index contributed by atoms with van der Waals surface area (Å²) in [4.78, 5) is 4.13. The standard InChI is InChI=1S/C12H17BrN2O3S/c1-9(2)19(16,17)15-7-5-10(8-15)18-12-11(13)4-3-6-14-12/h3-4,6,9-10H,5,7-8H2,1-2H3. The molecule has 1 unspecified atom stereocenters. The average Bonchev–Trinajstić information content (AvgIpc) is 2.81. The quantitative estimate of drug-likeness (QED) is 0.835. The maximum absolute atomic E-state index is 12.0. The van der Waals surface area contributed by atoms with E-state index in [2.05, 4.69) is 20.9 Å². The lowest BCUT2D eigenvalue weighted by Gasteiger charge is -2.19. The maximum atomic E-state index is 12.0. The van der Waals surface area contributed by atoms with Crippen LogP contribution in [0.2, 0.25) is 0 Å². The van der Waals surface area contributed by atoms with E-state index in [-0.39, 0.29) is 6.10 Å². The molecule has 0 radical (unpaired) electrons. The summed E-state index contributed by atoms with van der Waals surface area (Å²) >= 11 is 3.36. The second kappa shape index (κ2) is 5.76. The predicted molar refractivity (Wildman–Crippen MR) is 76.6 cm³/mol. The molecule has 5 nitrogen and oxygen atoms in total. The normalized spacial score (nSPS) is 20.9. The molecule has 1 saturated heterocycles. The molecule has 2 rings (SSSR count). The molecule has 0 amide bonds. The van der Waals surface area contributed by atoms with Crippen LogP contribution in [0.3, 0.4) is 0 Å². The molecule has 0 aliphatic carbocycles. The summed E-state index contributed by atoms with van der Waals surface area (Å²) < 4.78 is 32.1. The van der Waals surface area contributed by atoms with Crippen molar-refractivity contribution in [2.24, 2.45) is 0 Å². The van der Waals surface area contributed by atoms with Crippen molar-refractivity contribution < 1.29 is 13.2 Å². The van der Waals surface area contributed by atoms with E-state index >= 15 is 0 Å². The van der Waals surface area contributed by atoms with Crippen LogP contribution in [0.4, 0.5) is 0 Å². The molecule has 0 spiro atoms. The highest BCUT2D eigenvalue weighted by Gasteiger charge is 2.34. The van der Waals surface area contributed by atoms with Crippen LogP contribution < -0.4 is 4.74 Å². The first kappa shape index (κ1) is 14.7. The van der Waals surface area contributed by atoms with E-state index in [9.17, 15) is 8.42 Å². The largest absolute Gasteiger partial charge is 0.472 e. The Morgan fingerprint density at radius 3 is 2.89 bits per heavy atom.